The van der Waals surface area contributed by atoms with E-state index in [1.54, 1.807) is 12.1 Å². The highest BCUT2D eigenvalue weighted by Crippen LogP contribution is 2.37. The molecule has 1 aliphatic carbocycles. The van der Waals surface area contributed by atoms with Crippen molar-refractivity contribution in [1.82, 2.24) is 14.5 Å². The van der Waals surface area contributed by atoms with Crippen molar-refractivity contribution in [2.24, 2.45) is 11.7 Å². The van der Waals surface area contributed by atoms with E-state index in [2.05, 4.69) is 15.2 Å². The minimum absolute atomic E-state index is 0.0191. The number of carbonyl (C=O) groups is 2. The Labute approximate surface area is 192 Å². The molecule has 9 heteroatoms. The Morgan fingerprint density at radius 2 is 2.03 bits per heavy atom. The van der Waals surface area contributed by atoms with E-state index < -0.39 is 0 Å². The third-order valence-corrected chi connectivity index (χ3v) is 7.28. The number of hydrogen-bond acceptors (Lipinski definition) is 6. The molecular weight excluding hydrogens is 422 g/mol. The quantitative estimate of drug-likeness (QED) is 0.664. The molecule has 1 aromatic heterocycles. The summed E-state index contributed by atoms with van der Waals surface area (Å²) in [5.74, 6) is 1.04. The van der Waals surface area contributed by atoms with Gasteiger partial charge in [0.2, 0.25) is 17.8 Å². The molecule has 1 saturated carbocycles. The van der Waals surface area contributed by atoms with Gasteiger partial charge in [-0.3, -0.25) is 29.2 Å². The lowest BCUT2D eigenvalue weighted by atomic mass is 9.78. The number of anilines is 1. The summed E-state index contributed by atoms with van der Waals surface area (Å²) in [4.78, 5) is 42.9. The minimum atomic E-state index is -0.301. The van der Waals surface area contributed by atoms with E-state index in [1.807, 2.05) is 6.07 Å². The van der Waals surface area contributed by atoms with Gasteiger partial charge < -0.3 is 10.5 Å². The fraction of sp³-hybridized carbons (Fsp3) is 0.583. The van der Waals surface area contributed by atoms with Gasteiger partial charge in [-0.15, -0.1) is 0 Å². The number of likely N-dealkylation sites (tertiary alicyclic amines) is 1. The van der Waals surface area contributed by atoms with Crippen LogP contribution in [0.25, 0.3) is 10.9 Å². The molecule has 3 unspecified atom stereocenters. The van der Waals surface area contributed by atoms with Crippen molar-refractivity contribution in [2.75, 3.05) is 11.9 Å². The van der Waals surface area contributed by atoms with Gasteiger partial charge in [0.1, 0.15) is 12.3 Å². The molecule has 2 aromatic rings. The molecule has 2 aliphatic heterocycles. The van der Waals surface area contributed by atoms with E-state index in [1.165, 1.54) is 36.7 Å². The highest BCUT2D eigenvalue weighted by molar-refractivity contribution is 5.94. The lowest BCUT2D eigenvalue weighted by Gasteiger charge is -2.47. The maximum Gasteiger partial charge on any atom is 0.263 e. The lowest BCUT2D eigenvalue weighted by Crippen LogP contribution is -2.53. The Balaban J connectivity index is 1.42. The molecule has 2 amide bonds. The van der Waals surface area contributed by atoms with E-state index in [0.717, 1.165) is 13.0 Å². The van der Waals surface area contributed by atoms with Gasteiger partial charge in [0, 0.05) is 19.0 Å². The Bertz CT molecular complexity index is 1130. The number of carbonyl (C=O) groups excluding carboxylic acids is 2. The number of aromatic nitrogens is 2. The molecule has 3 atom stereocenters. The number of amides is 2. The van der Waals surface area contributed by atoms with Gasteiger partial charge in [0.15, 0.2) is 6.23 Å². The van der Waals surface area contributed by atoms with E-state index in [0.29, 0.717) is 47.9 Å². The van der Waals surface area contributed by atoms with Gasteiger partial charge in [-0.1, -0.05) is 12.8 Å². The minimum Gasteiger partial charge on any atom is -0.475 e. The van der Waals surface area contributed by atoms with Crippen LogP contribution in [-0.4, -0.2) is 45.1 Å². The SMILES string of the molecule is NC(=O)CCCC(Oc1ccc2nc3n(c(=O)c2c1)CC(=O)N3)N1CCCC2CCCCC21. The van der Waals surface area contributed by atoms with Crippen LogP contribution in [0, 0.1) is 5.92 Å². The number of nitrogens with one attached hydrogen (secondary N) is 1. The number of nitrogens with two attached hydrogens (primary N) is 1. The first-order chi connectivity index (χ1) is 16.0. The molecule has 1 saturated heterocycles. The maximum absolute atomic E-state index is 13.0. The second-order valence-electron chi connectivity index (χ2n) is 9.48. The summed E-state index contributed by atoms with van der Waals surface area (Å²) in [6.45, 7) is 0.955. The van der Waals surface area contributed by atoms with Gasteiger partial charge in [-0.2, -0.15) is 0 Å². The molecule has 176 valence electrons. The smallest absolute Gasteiger partial charge is 0.263 e. The zero-order chi connectivity index (χ0) is 22.9. The number of fused-ring (bicyclic) bond motifs is 3. The maximum atomic E-state index is 13.0. The zero-order valence-corrected chi connectivity index (χ0v) is 18.8. The summed E-state index contributed by atoms with van der Waals surface area (Å²) in [5.41, 5.74) is 5.65. The van der Waals surface area contributed by atoms with Crippen molar-refractivity contribution in [2.45, 2.75) is 76.6 Å². The number of ether oxygens (including phenoxy) is 1. The molecule has 33 heavy (non-hydrogen) atoms. The highest BCUT2D eigenvalue weighted by Gasteiger charge is 2.37. The van der Waals surface area contributed by atoms with Crippen LogP contribution >= 0.6 is 0 Å². The van der Waals surface area contributed by atoms with E-state index in [9.17, 15) is 14.4 Å². The van der Waals surface area contributed by atoms with E-state index >= 15 is 0 Å². The van der Waals surface area contributed by atoms with Crippen molar-refractivity contribution in [3.05, 3.63) is 28.6 Å². The zero-order valence-electron chi connectivity index (χ0n) is 18.8. The first kappa shape index (κ1) is 21.9. The molecule has 9 nitrogen and oxygen atoms in total. The van der Waals surface area contributed by atoms with Crippen molar-refractivity contribution < 1.29 is 14.3 Å². The van der Waals surface area contributed by atoms with E-state index in [4.69, 9.17) is 10.5 Å². The van der Waals surface area contributed by atoms with Crippen molar-refractivity contribution >= 4 is 28.7 Å². The average Bonchev–Trinajstić information content (AvgIpc) is 3.19. The first-order valence-electron chi connectivity index (χ1n) is 12.0. The number of rotatable bonds is 7. The van der Waals surface area contributed by atoms with Crippen LogP contribution < -0.4 is 21.3 Å². The Hall–Kier alpha value is -2.94. The normalized spacial score (nSPS) is 23.6. The second kappa shape index (κ2) is 9.13. The number of primary amides is 1. The molecule has 0 radical (unpaired) electrons. The summed E-state index contributed by atoms with van der Waals surface area (Å²) in [6.07, 6.45) is 8.91. The first-order valence-corrected chi connectivity index (χ1v) is 12.0. The van der Waals surface area contributed by atoms with Crippen LogP contribution in [0.15, 0.2) is 23.0 Å². The topological polar surface area (TPSA) is 120 Å². The Morgan fingerprint density at radius 1 is 1.21 bits per heavy atom. The van der Waals surface area contributed by atoms with Crippen molar-refractivity contribution in [3.8, 4) is 5.75 Å². The van der Waals surface area contributed by atoms with Crippen molar-refractivity contribution in [1.29, 1.82) is 0 Å². The van der Waals surface area contributed by atoms with Gasteiger partial charge in [-0.05, 0) is 62.6 Å². The number of piperidine rings is 1. The van der Waals surface area contributed by atoms with Gasteiger partial charge in [0.25, 0.3) is 5.56 Å². The van der Waals surface area contributed by atoms with Gasteiger partial charge in [-0.25, -0.2) is 4.98 Å². The Kier molecular flexibility index (Phi) is 6.05. The van der Waals surface area contributed by atoms with Gasteiger partial charge >= 0.3 is 0 Å². The van der Waals surface area contributed by atoms with Crippen LogP contribution in [0.1, 0.15) is 57.8 Å². The molecule has 1 aromatic carbocycles. The summed E-state index contributed by atoms with van der Waals surface area (Å²) in [6, 6.07) is 5.81. The fourth-order valence-electron chi connectivity index (χ4n) is 5.74. The largest absolute Gasteiger partial charge is 0.475 e. The number of benzene rings is 1. The second-order valence-corrected chi connectivity index (χ2v) is 9.48. The van der Waals surface area contributed by atoms with Gasteiger partial charge in [0.05, 0.1) is 10.9 Å². The van der Waals surface area contributed by atoms with Crippen LogP contribution in [0.4, 0.5) is 5.95 Å². The van der Waals surface area contributed by atoms with E-state index in [-0.39, 0.29) is 36.1 Å². The summed E-state index contributed by atoms with van der Waals surface area (Å²) >= 11 is 0. The Morgan fingerprint density at radius 3 is 2.88 bits per heavy atom. The highest BCUT2D eigenvalue weighted by atomic mass is 16.5. The van der Waals surface area contributed by atoms with Crippen molar-refractivity contribution in [3.63, 3.8) is 0 Å². The number of nitrogens with zero attached hydrogens (tertiary/aromatic N) is 3. The van der Waals surface area contributed by atoms with Crippen LogP contribution in [-0.2, 0) is 16.1 Å². The molecule has 0 spiro atoms. The van der Waals surface area contributed by atoms with Crippen LogP contribution in [0.5, 0.6) is 5.75 Å². The molecule has 3 heterocycles. The molecule has 2 fully saturated rings. The predicted octanol–water partition coefficient (Wildman–Crippen LogP) is 2.36. The number of hydrogen-bond donors (Lipinski definition) is 2. The van der Waals surface area contributed by atoms with Crippen LogP contribution in [0.3, 0.4) is 0 Å². The molecular formula is C24H31N5O4. The third-order valence-electron chi connectivity index (χ3n) is 7.28. The predicted molar refractivity (Wildman–Crippen MR) is 124 cm³/mol. The summed E-state index contributed by atoms with van der Waals surface area (Å²) in [7, 11) is 0. The third kappa shape index (κ3) is 4.46. The molecule has 3 aliphatic rings. The molecule has 0 bridgehead atoms. The average molecular weight is 454 g/mol. The summed E-state index contributed by atoms with van der Waals surface area (Å²) < 4.78 is 7.86. The monoisotopic (exact) mass is 453 g/mol. The fourth-order valence-corrected chi connectivity index (χ4v) is 5.74. The molecule has 5 rings (SSSR count). The lowest BCUT2D eigenvalue weighted by molar-refractivity contribution is -0.118. The summed E-state index contributed by atoms with van der Waals surface area (Å²) in [5, 5.41) is 3.04. The molecule has 3 N–H and O–H groups in total. The standard InChI is InChI=1S/C24H31N5O4/c25-20(30)8-3-9-22(28-12-4-6-15-5-1-2-7-19(15)28)33-16-10-11-18-17(13-16)23(32)29-14-21(31)27-24(29)26-18/h10-11,13,15,19,22H,1-9,12,14H2,(H2,25,30)(H,26,27,31). The van der Waals surface area contributed by atoms with Crippen LogP contribution in [0.2, 0.25) is 0 Å².